The summed E-state index contributed by atoms with van der Waals surface area (Å²) in [4.78, 5) is 13.9. The average molecular weight is 307 g/mol. The summed E-state index contributed by atoms with van der Waals surface area (Å²) in [6.07, 6.45) is 0.352. The van der Waals surface area contributed by atoms with Crippen molar-refractivity contribution in [2.45, 2.75) is 38.6 Å². The Labute approximate surface area is 126 Å². The number of anilines is 1. The van der Waals surface area contributed by atoms with Crippen molar-refractivity contribution < 1.29 is 13.2 Å². The van der Waals surface area contributed by atoms with E-state index in [1.165, 1.54) is 5.56 Å². The number of amides is 1. The first kappa shape index (κ1) is 14.6. The first-order valence-corrected chi connectivity index (χ1v) is 9.12. The summed E-state index contributed by atoms with van der Waals surface area (Å²) in [6, 6.07) is 7.75. The van der Waals surface area contributed by atoms with E-state index < -0.39 is 9.84 Å². The molecule has 5 heteroatoms. The second-order valence-electron chi connectivity index (χ2n) is 7.17. The smallest absolute Gasteiger partial charge is 0.227 e. The van der Waals surface area contributed by atoms with E-state index >= 15 is 0 Å². The van der Waals surface area contributed by atoms with E-state index in [2.05, 4.69) is 20.8 Å². The molecular weight excluding hydrogens is 286 g/mol. The van der Waals surface area contributed by atoms with Gasteiger partial charge in [0.15, 0.2) is 9.84 Å². The molecule has 2 aliphatic heterocycles. The van der Waals surface area contributed by atoms with Crippen LogP contribution >= 0.6 is 0 Å². The van der Waals surface area contributed by atoms with E-state index in [0.29, 0.717) is 6.42 Å². The Bertz CT molecular complexity index is 670. The molecule has 2 saturated heterocycles. The van der Waals surface area contributed by atoms with Gasteiger partial charge in [0.05, 0.1) is 17.5 Å². The molecule has 0 aliphatic carbocycles. The van der Waals surface area contributed by atoms with Crippen LogP contribution in [0.15, 0.2) is 24.3 Å². The first-order chi connectivity index (χ1) is 9.67. The van der Waals surface area contributed by atoms with Crippen molar-refractivity contribution in [1.29, 1.82) is 0 Å². The van der Waals surface area contributed by atoms with Crippen molar-refractivity contribution in [2.75, 3.05) is 16.4 Å². The molecule has 0 N–H and O–H groups in total. The fraction of sp³-hybridized carbons (Fsp3) is 0.562. The van der Waals surface area contributed by atoms with Crippen molar-refractivity contribution in [3.05, 3.63) is 29.8 Å². The quantitative estimate of drug-likeness (QED) is 0.798. The summed E-state index contributed by atoms with van der Waals surface area (Å²) < 4.78 is 23.6. The van der Waals surface area contributed by atoms with Gasteiger partial charge in [-0.2, -0.15) is 0 Å². The number of carbonyl (C=O) groups excluding carboxylic acids is 1. The van der Waals surface area contributed by atoms with Crippen molar-refractivity contribution in [1.82, 2.24) is 0 Å². The molecule has 21 heavy (non-hydrogen) atoms. The third kappa shape index (κ3) is 2.59. The highest BCUT2D eigenvalue weighted by molar-refractivity contribution is 7.91. The van der Waals surface area contributed by atoms with Crippen LogP contribution in [0.25, 0.3) is 0 Å². The Morgan fingerprint density at radius 2 is 1.71 bits per heavy atom. The predicted octanol–water partition coefficient (Wildman–Crippen LogP) is 2.13. The van der Waals surface area contributed by atoms with Crippen molar-refractivity contribution in [3.63, 3.8) is 0 Å². The Morgan fingerprint density at radius 3 is 2.29 bits per heavy atom. The normalized spacial score (nSPS) is 28.0. The van der Waals surface area contributed by atoms with Crippen LogP contribution in [0.1, 0.15) is 32.8 Å². The van der Waals surface area contributed by atoms with E-state index in [9.17, 15) is 13.2 Å². The maximum atomic E-state index is 12.2. The molecule has 0 saturated carbocycles. The van der Waals surface area contributed by atoms with Crippen LogP contribution in [0.3, 0.4) is 0 Å². The third-order valence-corrected chi connectivity index (χ3v) is 6.27. The fourth-order valence-electron chi connectivity index (χ4n) is 3.35. The Morgan fingerprint density at radius 1 is 1.10 bits per heavy atom. The summed E-state index contributed by atoms with van der Waals surface area (Å²) in [5.41, 5.74) is 2.08. The highest BCUT2D eigenvalue weighted by Gasteiger charge is 2.49. The van der Waals surface area contributed by atoms with E-state index in [1.807, 2.05) is 24.3 Å². The van der Waals surface area contributed by atoms with Gasteiger partial charge in [-0.3, -0.25) is 4.79 Å². The zero-order valence-electron chi connectivity index (χ0n) is 12.7. The molecule has 4 nitrogen and oxygen atoms in total. The molecule has 0 unspecified atom stereocenters. The molecule has 0 spiro atoms. The van der Waals surface area contributed by atoms with Gasteiger partial charge >= 0.3 is 0 Å². The Kier molecular flexibility index (Phi) is 3.17. The predicted molar refractivity (Wildman–Crippen MR) is 83.2 cm³/mol. The fourth-order valence-corrected chi connectivity index (χ4v) is 5.42. The number of sulfone groups is 1. The topological polar surface area (TPSA) is 54.5 Å². The van der Waals surface area contributed by atoms with Crippen LogP contribution in [0.2, 0.25) is 0 Å². The molecule has 2 aliphatic rings. The van der Waals surface area contributed by atoms with Crippen LogP contribution < -0.4 is 4.90 Å². The maximum absolute atomic E-state index is 12.2. The lowest BCUT2D eigenvalue weighted by Gasteiger charge is -2.25. The standard InChI is InChI=1S/C16H21NO3S/c1-16(2,3)12-4-6-13(7-5-12)17-14-10-21(19,20)9-11(14)8-15(17)18/h4-7,11,14H,8-10H2,1-3H3/t11-,14-/m1/s1. The van der Waals surface area contributed by atoms with Gasteiger partial charge in [-0.25, -0.2) is 8.42 Å². The summed E-state index contributed by atoms with van der Waals surface area (Å²) in [6.45, 7) is 6.42. The lowest BCUT2D eigenvalue weighted by atomic mass is 9.87. The number of hydrogen-bond donors (Lipinski definition) is 0. The van der Waals surface area contributed by atoms with E-state index in [-0.39, 0.29) is 34.8 Å². The number of benzene rings is 1. The highest BCUT2D eigenvalue weighted by atomic mass is 32.2. The summed E-state index contributed by atoms with van der Waals surface area (Å²) >= 11 is 0. The molecule has 2 atom stereocenters. The zero-order valence-corrected chi connectivity index (χ0v) is 13.5. The Balaban J connectivity index is 1.91. The molecule has 0 radical (unpaired) electrons. The van der Waals surface area contributed by atoms with Crippen LogP contribution in [0.4, 0.5) is 5.69 Å². The van der Waals surface area contributed by atoms with Crippen LogP contribution in [0.5, 0.6) is 0 Å². The second kappa shape index (κ2) is 4.57. The first-order valence-electron chi connectivity index (χ1n) is 7.30. The van der Waals surface area contributed by atoms with Gasteiger partial charge in [0.2, 0.25) is 5.91 Å². The van der Waals surface area contributed by atoms with E-state index in [4.69, 9.17) is 0 Å². The number of carbonyl (C=O) groups is 1. The third-order valence-electron chi connectivity index (χ3n) is 4.49. The minimum atomic E-state index is -3.00. The Hall–Kier alpha value is -1.36. The molecule has 2 heterocycles. The van der Waals surface area contributed by atoms with Gasteiger partial charge in [0, 0.05) is 18.0 Å². The lowest BCUT2D eigenvalue weighted by molar-refractivity contribution is -0.117. The number of hydrogen-bond acceptors (Lipinski definition) is 3. The maximum Gasteiger partial charge on any atom is 0.227 e. The molecule has 0 aromatic heterocycles. The molecule has 0 bridgehead atoms. The largest absolute Gasteiger partial charge is 0.308 e. The van der Waals surface area contributed by atoms with Crippen LogP contribution in [-0.2, 0) is 20.0 Å². The van der Waals surface area contributed by atoms with Crippen molar-refractivity contribution >= 4 is 21.4 Å². The van der Waals surface area contributed by atoms with Crippen molar-refractivity contribution in [3.8, 4) is 0 Å². The second-order valence-corrected chi connectivity index (χ2v) is 9.32. The lowest BCUT2D eigenvalue weighted by Crippen LogP contribution is -2.36. The molecular formula is C16H21NO3S. The molecule has 1 amide bonds. The molecule has 1 aromatic rings. The van der Waals surface area contributed by atoms with Gasteiger partial charge in [0.25, 0.3) is 0 Å². The molecule has 1 aromatic carbocycles. The van der Waals surface area contributed by atoms with Gasteiger partial charge in [-0.1, -0.05) is 32.9 Å². The average Bonchev–Trinajstić information content (AvgIpc) is 2.78. The number of nitrogens with zero attached hydrogens (tertiary/aromatic N) is 1. The van der Waals surface area contributed by atoms with Crippen LogP contribution in [-0.4, -0.2) is 31.9 Å². The van der Waals surface area contributed by atoms with E-state index in [0.717, 1.165) is 5.69 Å². The molecule has 114 valence electrons. The van der Waals surface area contributed by atoms with Crippen molar-refractivity contribution in [2.24, 2.45) is 5.92 Å². The minimum absolute atomic E-state index is 0.0372. The highest BCUT2D eigenvalue weighted by Crippen LogP contribution is 2.37. The van der Waals surface area contributed by atoms with Crippen LogP contribution in [0, 0.1) is 5.92 Å². The summed E-state index contributed by atoms with van der Waals surface area (Å²) in [5.74, 6) is 0.262. The van der Waals surface area contributed by atoms with Gasteiger partial charge in [-0.05, 0) is 23.1 Å². The zero-order chi connectivity index (χ0) is 15.4. The monoisotopic (exact) mass is 307 g/mol. The van der Waals surface area contributed by atoms with Gasteiger partial charge in [-0.15, -0.1) is 0 Å². The van der Waals surface area contributed by atoms with E-state index in [1.54, 1.807) is 4.90 Å². The number of rotatable bonds is 1. The molecule has 3 rings (SSSR count). The number of fused-ring (bicyclic) bond motifs is 1. The summed E-state index contributed by atoms with van der Waals surface area (Å²) in [5, 5.41) is 0. The SMILES string of the molecule is CC(C)(C)c1ccc(N2C(=O)C[C@@H]3CS(=O)(=O)C[C@H]32)cc1. The van der Waals surface area contributed by atoms with Gasteiger partial charge in [0.1, 0.15) is 0 Å². The summed E-state index contributed by atoms with van der Waals surface area (Å²) in [7, 11) is -3.00. The minimum Gasteiger partial charge on any atom is -0.308 e. The molecule has 2 fully saturated rings. The van der Waals surface area contributed by atoms with Gasteiger partial charge < -0.3 is 4.90 Å².